The van der Waals surface area contributed by atoms with E-state index in [1.165, 1.54) is 43.7 Å². The van der Waals surface area contributed by atoms with Gasteiger partial charge in [-0.15, -0.1) is 0 Å². The second kappa shape index (κ2) is 5.54. The van der Waals surface area contributed by atoms with Gasteiger partial charge in [-0.2, -0.15) is 0 Å². The zero-order valence-corrected chi connectivity index (χ0v) is 12.2. The van der Waals surface area contributed by atoms with Crippen LogP contribution in [0, 0.1) is 11.8 Å². The first-order valence-electron chi connectivity index (χ1n) is 7.79. The van der Waals surface area contributed by atoms with Crippen molar-refractivity contribution in [3.8, 4) is 0 Å². The standard InChI is InChI=1S/C17H26N2/c1-13(2)14-7-9-19(10-8-14)12-15-11-18-17-6-4-3-5-16(15)17/h3-6,13-15,18H,7-12H2,1-2H3. The summed E-state index contributed by atoms with van der Waals surface area (Å²) in [4.78, 5) is 2.67. The molecule has 0 aliphatic carbocycles. The lowest BCUT2D eigenvalue weighted by Gasteiger charge is -2.35. The smallest absolute Gasteiger partial charge is 0.0376 e. The average Bonchev–Trinajstić information content (AvgIpc) is 2.83. The third-order valence-corrected chi connectivity index (χ3v) is 4.99. The van der Waals surface area contributed by atoms with Gasteiger partial charge in [0, 0.05) is 24.7 Å². The second-order valence-electron chi connectivity index (χ2n) is 6.55. The molecule has 0 spiro atoms. The highest BCUT2D eigenvalue weighted by atomic mass is 15.1. The monoisotopic (exact) mass is 258 g/mol. The van der Waals surface area contributed by atoms with Gasteiger partial charge in [-0.3, -0.25) is 0 Å². The summed E-state index contributed by atoms with van der Waals surface area (Å²) < 4.78 is 0. The number of likely N-dealkylation sites (tertiary alicyclic amines) is 1. The van der Waals surface area contributed by atoms with Gasteiger partial charge in [0.05, 0.1) is 0 Å². The lowest BCUT2D eigenvalue weighted by Crippen LogP contribution is -2.38. The van der Waals surface area contributed by atoms with Crippen molar-refractivity contribution in [3.63, 3.8) is 0 Å². The van der Waals surface area contributed by atoms with Gasteiger partial charge < -0.3 is 10.2 Å². The number of para-hydroxylation sites is 1. The second-order valence-corrected chi connectivity index (χ2v) is 6.55. The third-order valence-electron chi connectivity index (χ3n) is 4.99. The average molecular weight is 258 g/mol. The van der Waals surface area contributed by atoms with Crippen LogP contribution in [0.5, 0.6) is 0 Å². The van der Waals surface area contributed by atoms with Gasteiger partial charge in [0.25, 0.3) is 0 Å². The Morgan fingerprint density at radius 3 is 2.68 bits per heavy atom. The van der Waals surface area contributed by atoms with E-state index in [4.69, 9.17) is 0 Å². The number of rotatable bonds is 3. The first-order chi connectivity index (χ1) is 9.24. The Hall–Kier alpha value is -1.02. The van der Waals surface area contributed by atoms with Gasteiger partial charge in [0.2, 0.25) is 0 Å². The quantitative estimate of drug-likeness (QED) is 0.891. The molecule has 0 radical (unpaired) electrons. The normalized spacial score (nSPS) is 24.5. The number of benzene rings is 1. The summed E-state index contributed by atoms with van der Waals surface area (Å²) in [5, 5.41) is 3.54. The summed E-state index contributed by atoms with van der Waals surface area (Å²) in [6.07, 6.45) is 2.78. The summed E-state index contributed by atoms with van der Waals surface area (Å²) in [5.41, 5.74) is 2.87. The van der Waals surface area contributed by atoms with Crippen molar-refractivity contribution >= 4 is 5.69 Å². The molecule has 2 aliphatic heterocycles. The van der Waals surface area contributed by atoms with E-state index >= 15 is 0 Å². The zero-order chi connectivity index (χ0) is 13.2. The largest absolute Gasteiger partial charge is 0.384 e. The van der Waals surface area contributed by atoms with Crippen LogP contribution in [0.4, 0.5) is 5.69 Å². The van der Waals surface area contributed by atoms with Crippen molar-refractivity contribution in [2.24, 2.45) is 11.8 Å². The molecule has 1 unspecified atom stereocenters. The van der Waals surface area contributed by atoms with E-state index in [0.717, 1.165) is 18.4 Å². The predicted molar refractivity (Wildman–Crippen MR) is 81.7 cm³/mol. The Balaban J connectivity index is 1.57. The summed E-state index contributed by atoms with van der Waals surface area (Å²) in [5.74, 6) is 2.49. The predicted octanol–water partition coefficient (Wildman–Crippen LogP) is 3.56. The molecule has 1 atom stereocenters. The molecule has 2 nitrogen and oxygen atoms in total. The van der Waals surface area contributed by atoms with Crippen LogP contribution in [-0.2, 0) is 0 Å². The highest BCUT2D eigenvalue weighted by Crippen LogP contribution is 2.33. The highest BCUT2D eigenvalue weighted by Gasteiger charge is 2.27. The van der Waals surface area contributed by atoms with E-state index in [1.807, 2.05) is 0 Å². The highest BCUT2D eigenvalue weighted by molar-refractivity contribution is 5.57. The van der Waals surface area contributed by atoms with Crippen LogP contribution >= 0.6 is 0 Å². The topological polar surface area (TPSA) is 15.3 Å². The van der Waals surface area contributed by atoms with E-state index in [-0.39, 0.29) is 0 Å². The molecule has 0 saturated carbocycles. The molecule has 2 heteroatoms. The van der Waals surface area contributed by atoms with Crippen molar-refractivity contribution < 1.29 is 0 Å². The lowest BCUT2D eigenvalue weighted by atomic mass is 9.86. The third kappa shape index (κ3) is 2.79. The fourth-order valence-electron chi connectivity index (χ4n) is 3.63. The molecule has 1 saturated heterocycles. The van der Waals surface area contributed by atoms with E-state index in [0.29, 0.717) is 5.92 Å². The summed E-state index contributed by atoms with van der Waals surface area (Å²) in [6.45, 7) is 9.68. The molecule has 1 aromatic rings. The first kappa shape index (κ1) is 13.0. The van der Waals surface area contributed by atoms with Crippen molar-refractivity contribution in [2.75, 3.05) is 31.5 Å². The molecule has 104 valence electrons. The molecular formula is C17H26N2. The fourth-order valence-corrected chi connectivity index (χ4v) is 3.63. The van der Waals surface area contributed by atoms with Crippen LogP contribution in [0.2, 0.25) is 0 Å². The van der Waals surface area contributed by atoms with Gasteiger partial charge in [-0.1, -0.05) is 32.0 Å². The maximum Gasteiger partial charge on any atom is 0.0376 e. The Kier molecular flexibility index (Phi) is 3.79. The summed E-state index contributed by atoms with van der Waals surface area (Å²) in [6, 6.07) is 8.80. The molecule has 3 rings (SSSR count). The van der Waals surface area contributed by atoms with Gasteiger partial charge in [-0.25, -0.2) is 0 Å². The SMILES string of the molecule is CC(C)C1CCN(CC2CNc3ccccc32)CC1. The van der Waals surface area contributed by atoms with E-state index in [2.05, 4.69) is 48.3 Å². The van der Waals surface area contributed by atoms with E-state index < -0.39 is 0 Å². The minimum Gasteiger partial charge on any atom is -0.384 e. The molecule has 19 heavy (non-hydrogen) atoms. The van der Waals surface area contributed by atoms with Gasteiger partial charge in [0.15, 0.2) is 0 Å². The van der Waals surface area contributed by atoms with Gasteiger partial charge in [0.1, 0.15) is 0 Å². The maximum absolute atomic E-state index is 3.54. The van der Waals surface area contributed by atoms with Crippen LogP contribution in [0.15, 0.2) is 24.3 Å². The summed E-state index contributed by atoms with van der Waals surface area (Å²) in [7, 11) is 0. The summed E-state index contributed by atoms with van der Waals surface area (Å²) >= 11 is 0. The van der Waals surface area contributed by atoms with Crippen molar-refractivity contribution in [2.45, 2.75) is 32.6 Å². The van der Waals surface area contributed by atoms with E-state index in [1.54, 1.807) is 0 Å². The first-order valence-corrected chi connectivity index (χ1v) is 7.79. The molecule has 0 aromatic heterocycles. The van der Waals surface area contributed by atoms with Crippen molar-refractivity contribution in [1.29, 1.82) is 0 Å². The van der Waals surface area contributed by atoms with Gasteiger partial charge in [-0.05, 0) is 49.4 Å². The molecule has 0 amide bonds. The van der Waals surface area contributed by atoms with Crippen LogP contribution in [0.3, 0.4) is 0 Å². The van der Waals surface area contributed by atoms with Crippen LogP contribution in [-0.4, -0.2) is 31.1 Å². The number of piperidine rings is 1. The fraction of sp³-hybridized carbons (Fsp3) is 0.647. The number of nitrogens with one attached hydrogen (secondary N) is 1. The number of anilines is 1. The Morgan fingerprint density at radius 2 is 1.95 bits per heavy atom. The maximum atomic E-state index is 3.54. The molecule has 1 fully saturated rings. The van der Waals surface area contributed by atoms with Crippen molar-refractivity contribution in [1.82, 2.24) is 4.90 Å². The Morgan fingerprint density at radius 1 is 1.21 bits per heavy atom. The molecule has 1 N–H and O–H groups in total. The van der Waals surface area contributed by atoms with Crippen molar-refractivity contribution in [3.05, 3.63) is 29.8 Å². The Bertz CT molecular complexity index is 419. The lowest BCUT2D eigenvalue weighted by molar-refractivity contribution is 0.152. The van der Waals surface area contributed by atoms with Crippen LogP contribution in [0.1, 0.15) is 38.2 Å². The molecule has 2 heterocycles. The minimum atomic E-state index is 0.687. The molecule has 0 bridgehead atoms. The number of nitrogens with zero attached hydrogens (tertiary/aromatic N) is 1. The number of hydrogen-bond donors (Lipinski definition) is 1. The molecule has 1 aromatic carbocycles. The number of hydrogen-bond acceptors (Lipinski definition) is 2. The minimum absolute atomic E-state index is 0.687. The molecular weight excluding hydrogens is 232 g/mol. The van der Waals surface area contributed by atoms with Crippen LogP contribution in [0.25, 0.3) is 0 Å². The number of fused-ring (bicyclic) bond motifs is 1. The van der Waals surface area contributed by atoms with Crippen LogP contribution < -0.4 is 5.32 Å². The van der Waals surface area contributed by atoms with E-state index in [9.17, 15) is 0 Å². The zero-order valence-electron chi connectivity index (χ0n) is 12.2. The Labute approximate surface area is 117 Å². The van der Waals surface area contributed by atoms with Gasteiger partial charge >= 0.3 is 0 Å². The molecule has 2 aliphatic rings.